The highest BCUT2D eigenvalue weighted by atomic mass is 127. The standard InChI is InChI=1S/C5H11IN2O4S/c1-12-5(9)8-13(10,11)7-4-2-3-6/h7H,2-4H2,1H3,(H,8,9). The molecule has 0 aromatic carbocycles. The summed E-state index contributed by atoms with van der Waals surface area (Å²) in [5, 5.41) is 0. The highest BCUT2D eigenvalue weighted by molar-refractivity contribution is 14.1. The minimum absolute atomic E-state index is 0.301. The first kappa shape index (κ1) is 12.9. The van der Waals surface area contributed by atoms with E-state index in [1.165, 1.54) is 0 Å². The van der Waals surface area contributed by atoms with E-state index in [0.717, 1.165) is 11.5 Å². The lowest BCUT2D eigenvalue weighted by Crippen LogP contribution is -2.40. The highest BCUT2D eigenvalue weighted by Gasteiger charge is 2.12. The second kappa shape index (κ2) is 6.38. The van der Waals surface area contributed by atoms with Crippen LogP contribution in [-0.2, 0) is 14.9 Å². The van der Waals surface area contributed by atoms with Crippen molar-refractivity contribution in [1.82, 2.24) is 9.44 Å². The molecular weight excluding hydrogens is 311 g/mol. The van der Waals surface area contributed by atoms with Crippen LogP contribution in [0.2, 0.25) is 0 Å². The Kier molecular flexibility index (Phi) is 6.33. The second-order valence-corrected chi connectivity index (χ2v) is 4.61. The predicted octanol–water partition coefficient (Wildman–Crippen LogP) is 0.00190. The fourth-order valence-corrected chi connectivity index (χ4v) is 1.63. The zero-order valence-corrected chi connectivity index (χ0v) is 10.0. The van der Waals surface area contributed by atoms with Crippen LogP contribution in [0, 0.1) is 0 Å². The summed E-state index contributed by atoms with van der Waals surface area (Å²) < 4.78 is 30.7. The molecule has 6 nitrogen and oxygen atoms in total. The first-order chi connectivity index (χ1) is 6.02. The van der Waals surface area contributed by atoms with Crippen LogP contribution in [0.1, 0.15) is 6.42 Å². The quantitative estimate of drug-likeness (QED) is 0.424. The van der Waals surface area contributed by atoms with Crippen LogP contribution in [0.15, 0.2) is 0 Å². The summed E-state index contributed by atoms with van der Waals surface area (Å²) in [6.45, 7) is 0.301. The lowest BCUT2D eigenvalue weighted by atomic mass is 10.5. The fraction of sp³-hybridized carbons (Fsp3) is 0.800. The van der Waals surface area contributed by atoms with Crippen molar-refractivity contribution in [2.24, 2.45) is 0 Å². The number of alkyl halides is 1. The van der Waals surface area contributed by atoms with Crippen LogP contribution < -0.4 is 9.44 Å². The molecule has 0 bridgehead atoms. The van der Waals surface area contributed by atoms with Gasteiger partial charge in [-0.05, 0) is 6.42 Å². The molecule has 78 valence electrons. The average molecular weight is 322 g/mol. The van der Waals surface area contributed by atoms with Crippen molar-refractivity contribution in [3.8, 4) is 0 Å². The van der Waals surface area contributed by atoms with Gasteiger partial charge in [-0.1, -0.05) is 22.6 Å². The topological polar surface area (TPSA) is 84.5 Å². The first-order valence-electron chi connectivity index (χ1n) is 3.43. The van der Waals surface area contributed by atoms with Crippen LogP contribution in [-0.4, -0.2) is 32.6 Å². The SMILES string of the molecule is COC(=O)NS(=O)(=O)NCCCI. The predicted molar refractivity (Wildman–Crippen MR) is 56.0 cm³/mol. The highest BCUT2D eigenvalue weighted by Crippen LogP contribution is 1.87. The maximum Gasteiger partial charge on any atom is 0.421 e. The van der Waals surface area contributed by atoms with Crippen molar-refractivity contribution < 1.29 is 17.9 Å². The second-order valence-electron chi connectivity index (χ2n) is 2.03. The van der Waals surface area contributed by atoms with Crippen LogP contribution in [0.4, 0.5) is 4.79 Å². The van der Waals surface area contributed by atoms with Gasteiger partial charge in [-0.15, -0.1) is 0 Å². The van der Waals surface area contributed by atoms with Gasteiger partial charge in [0, 0.05) is 11.0 Å². The van der Waals surface area contributed by atoms with Gasteiger partial charge in [0.1, 0.15) is 0 Å². The number of nitrogens with one attached hydrogen (secondary N) is 2. The van der Waals surface area contributed by atoms with E-state index < -0.39 is 16.3 Å². The number of ether oxygens (including phenoxy) is 1. The lowest BCUT2D eigenvalue weighted by Gasteiger charge is -2.05. The molecule has 8 heteroatoms. The number of methoxy groups -OCH3 is 1. The largest absolute Gasteiger partial charge is 0.452 e. The van der Waals surface area contributed by atoms with E-state index in [1.807, 2.05) is 0 Å². The summed E-state index contributed by atoms with van der Waals surface area (Å²) in [6, 6.07) is 0. The number of amides is 1. The molecule has 0 saturated heterocycles. The zero-order chi connectivity index (χ0) is 10.3. The maximum absolute atomic E-state index is 10.9. The monoisotopic (exact) mass is 322 g/mol. The molecule has 0 aliphatic carbocycles. The third-order valence-electron chi connectivity index (χ3n) is 1.01. The molecule has 0 aliphatic heterocycles. The molecule has 2 N–H and O–H groups in total. The number of hydrogen-bond acceptors (Lipinski definition) is 4. The van der Waals surface area contributed by atoms with Gasteiger partial charge in [0.15, 0.2) is 0 Å². The normalized spacial score (nSPS) is 10.9. The van der Waals surface area contributed by atoms with Crippen molar-refractivity contribution in [3.05, 3.63) is 0 Å². The Morgan fingerprint density at radius 2 is 2.15 bits per heavy atom. The van der Waals surface area contributed by atoms with Gasteiger partial charge in [0.25, 0.3) is 0 Å². The Morgan fingerprint density at radius 3 is 2.62 bits per heavy atom. The smallest absolute Gasteiger partial charge is 0.421 e. The van der Waals surface area contributed by atoms with Crippen LogP contribution in [0.3, 0.4) is 0 Å². The van der Waals surface area contributed by atoms with Crippen LogP contribution in [0.5, 0.6) is 0 Å². The minimum atomic E-state index is -3.74. The van der Waals surface area contributed by atoms with Gasteiger partial charge in [0.05, 0.1) is 7.11 Å². The van der Waals surface area contributed by atoms with E-state index in [4.69, 9.17) is 0 Å². The number of carbonyl (C=O) groups is 1. The maximum atomic E-state index is 10.9. The molecule has 0 atom stereocenters. The average Bonchev–Trinajstić information content (AvgIpc) is 2.03. The van der Waals surface area contributed by atoms with Crippen molar-refractivity contribution in [2.45, 2.75) is 6.42 Å². The summed E-state index contributed by atoms with van der Waals surface area (Å²) in [5.41, 5.74) is 0. The summed E-state index contributed by atoms with van der Waals surface area (Å²) in [7, 11) is -2.65. The van der Waals surface area contributed by atoms with Crippen molar-refractivity contribution in [2.75, 3.05) is 18.1 Å². The Balaban J connectivity index is 3.88. The molecule has 0 aromatic rings. The minimum Gasteiger partial charge on any atom is -0.452 e. The first-order valence-corrected chi connectivity index (χ1v) is 6.44. The van der Waals surface area contributed by atoms with Crippen molar-refractivity contribution in [1.29, 1.82) is 0 Å². The Bertz CT molecular complexity index is 253. The molecular formula is C5H11IN2O4S. The van der Waals surface area contributed by atoms with Gasteiger partial charge in [-0.3, -0.25) is 0 Å². The molecule has 0 rings (SSSR count). The molecule has 0 aliphatic rings. The fourth-order valence-electron chi connectivity index (χ4n) is 0.461. The molecule has 0 aromatic heterocycles. The lowest BCUT2D eigenvalue weighted by molar-refractivity contribution is 0.177. The molecule has 0 unspecified atom stereocenters. The summed E-state index contributed by atoms with van der Waals surface area (Å²) in [6.07, 6.45) is -0.287. The van der Waals surface area contributed by atoms with E-state index in [2.05, 4.69) is 32.0 Å². The Hall–Kier alpha value is -0.0900. The number of rotatable bonds is 5. The molecule has 0 saturated carbocycles. The van der Waals surface area contributed by atoms with Gasteiger partial charge in [-0.25, -0.2) is 9.52 Å². The third-order valence-corrected chi connectivity index (χ3v) is 2.79. The van der Waals surface area contributed by atoms with E-state index in [-0.39, 0.29) is 0 Å². The molecule has 13 heavy (non-hydrogen) atoms. The Labute approximate surface area is 90.7 Å². The van der Waals surface area contributed by atoms with Gasteiger partial charge in [0.2, 0.25) is 0 Å². The zero-order valence-electron chi connectivity index (χ0n) is 7.04. The molecule has 1 amide bonds. The van der Waals surface area contributed by atoms with Crippen LogP contribution >= 0.6 is 22.6 Å². The third kappa shape index (κ3) is 7.02. The van der Waals surface area contributed by atoms with Gasteiger partial charge < -0.3 is 4.74 Å². The number of halogens is 1. The van der Waals surface area contributed by atoms with Gasteiger partial charge >= 0.3 is 16.3 Å². The van der Waals surface area contributed by atoms with Crippen LogP contribution in [0.25, 0.3) is 0 Å². The number of hydrogen-bond donors (Lipinski definition) is 2. The summed E-state index contributed by atoms with van der Waals surface area (Å²) >= 11 is 2.12. The van der Waals surface area contributed by atoms with Crippen molar-refractivity contribution >= 4 is 38.9 Å². The summed E-state index contributed by atoms with van der Waals surface area (Å²) in [4.78, 5) is 10.5. The van der Waals surface area contributed by atoms with E-state index in [9.17, 15) is 13.2 Å². The van der Waals surface area contributed by atoms with E-state index in [0.29, 0.717) is 13.0 Å². The Morgan fingerprint density at radius 1 is 1.54 bits per heavy atom. The van der Waals surface area contributed by atoms with E-state index >= 15 is 0 Å². The number of carbonyl (C=O) groups excluding carboxylic acids is 1. The molecule has 0 spiro atoms. The summed E-state index contributed by atoms with van der Waals surface area (Å²) in [5.74, 6) is 0. The van der Waals surface area contributed by atoms with E-state index in [1.54, 1.807) is 4.72 Å². The molecule has 0 heterocycles. The van der Waals surface area contributed by atoms with Crippen molar-refractivity contribution in [3.63, 3.8) is 0 Å². The molecule has 0 radical (unpaired) electrons. The molecule has 0 fully saturated rings. The van der Waals surface area contributed by atoms with Gasteiger partial charge in [-0.2, -0.15) is 13.1 Å².